The van der Waals surface area contributed by atoms with Crippen LogP contribution < -0.4 is 0 Å². The van der Waals surface area contributed by atoms with Gasteiger partial charge in [0.05, 0.1) is 6.61 Å². The second kappa shape index (κ2) is 5.92. The molecule has 0 amide bonds. The molecule has 0 aromatic carbocycles. The second-order valence-electron chi connectivity index (χ2n) is 1.91. The molecule has 0 aliphatic rings. The van der Waals surface area contributed by atoms with Gasteiger partial charge < -0.3 is 4.74 Å². The Morgan fingerprint density at radius 2 is 2.20 bits per heavy atom. The molecule has 0 unspecified atom stereocenters. The third-order valence-electron chi connectivity index (χ3n) is 0.571. The van der Waals surface area contributed by atoms with Crippen LogP contribution in [0.5, 0.6) is 0 Å². The van der Waals surface area contributed by atoms with E-state index >= 15 is 0 Å². The maximum absolute atomic E-state index is 10.7. The summed E-state index contributed by atoms with van der Waals surface area (Å²) in [6, 6.07) is 0. The molecule has 0 aromatic rings. The van der Waals surface area contributed by atoms with Gasteiger partial charge in [-0.05, 0) is 6.92 Å². The van der Waals surface area contributed by atoms with Crippen molar-refractivity contribution in [2.24, 2.45) is 0 Å². The van der Waals surface area contributed by atoms with E-state index in [4.69, 9.17) is 4.74 Å². The summed E-state index contributed by atoms with van der Waals surface area (Å²) in [6.45, 7) is 6.34. The van der Waals surface area contributed by atoms with E-state index in [0.29, 0.717) is 11.9 Å². The Hall–Kier alpha value is 0.170. The van der Waals surface area contributed by atoms with Crippen molar-refractivity contribution in [3.8, 4) is 0 Å². The smallest absolute Gasteiger partial charge is 0.378 e. The molecule has 0 spiro atoms. The summed E-state index contributed by atoms with van der Waals surface area (Å²) >= 11 is 0. The van der Waals surface area contributed by atoms with Crippen LogP contribution in [0.1, 0.15) is 20.8 Å². The van der Waals surface area contributed by atoms with Gasteiger partial charge in [0.25, 0.3) is 0 Å². The van der Waals surface area contributed by atoms with Crippen molar-refractivity contribution in [2.75, 3.05) is 6.61 Å². The third kappa shape index (κ3) is 6.29. The molecule has 0 aliphatic carbocycles. The van der Waals surface area contributed by atoms with Crippen molar-refractivity contribution in [3.63, 3.8) is 0 Å². The van der Waals surface area contributed by atoms with Crippen LogP contribution in [0.3, 0.4) is 0 Å². The van der Waals surface area contributed by atoms with E-state index in [1.54, 1.807) is 6.92 Å². The van der Waals surface area contributed by atoms with E-state index in [1.807, 2.05) is 13.8 Å². The van der Waals surface area contributed by atoms with Gasteiger partial charge in [0.2, 0.25) is 0 Å². The largest absolute Gasteiger partial charge is 0.457 e. The van der Waals surface area contributed by atoms with Crippen LogP contribution in [0.25, 0.3) is 0 Å². The molecule has 0 N–H and O–H groups in total. The highest BCUT2D eigenvalue weighted by Crippen LogP contribution is 2.27. The Labute approximate surface area is 69.5 Å². The van der Waals surface area contributed by atoms with Crippen molar-refractivity contribution < 1.29 is 9.53 Å². The monoisotopic (exact) mass is 180 g/mol. The lowest BCUT2D eigenvalue weighted by molar-refractivity contribution is 0.182. The normalized spacial score (nSPS) is 10.0. The Bertz CT molecular complexity index is 104. The standard InChI is InChI=1S/C6H12O2S2/c1-4-8-6(7)10-9-5(2)3/h5H,4H2,1-3H3. The van der Waals surface area contributed by atoms with Gasteiger partial charge in [0.15, 0.2) is 0 Å². The fraction of sp³-hybridized carbons (Fsp3) is 0.833. The van der Waals surface area contributed by atoms with Crippen molar-refractivity contribution in [2.45, 2.75) is 26.0 Å². The molecule has 0 aromatic heterocycles. The SMILES string of the molecule is CCOC(=O)SSC(C)C. The van der Waals surface area contributed by atoms with Gasteiger partial charge in [-0.1, -0.05) is 24.6 Å². The van der Waals surface area contributed by atoms with Crippen molar-refractivity contribution in [1.82, 2.24) is 0 Å². The fourth-order valence-electron chi connectivity index (χ4n) is 0.277. The molecule has 0 atom stereocenters. The molecule has 0 radical (unpaired) electrons. The maximum Gasteiger partial charge on any atom is 0.378 e. The molecule has 2 nitrogen and oxygen atoms in total. The molecule has 10 heavy (non-hydrogen) atoms. The lowest BCUT2D eigenvalue weighted by atomic mass is 10.6. The fourth-order valence-corrected chi connectivity index (χ4v) is 1.67. The number of hydrogen-bond acceptors (Lipinski definition) is 4. The van der Waals surface area contributed by atoms with Gasteiger partial charge >= 0.3 is 5.30 Å². The van der Waals surface area contributed by atoms with Gasteiger partial charge in [-0.15, -0.1) is 0 Å². The Morgan fingerprint density at radius 1 is 1.60 bits per heavy atom. The average molecular weight is 180 g/mol. The zero-order valence-electron chi connectivity index (χ0n) is 6.42. The van der Waals surface area contributed by atoms with Crippen LogP contribution in [0, 0.1) is 0 Å². The van der Waals surface area contributed by atoms with E-state index < -0.39 is 0 Å². The molecule has 0 fully saturated rings. The number of hydrogen-bond donors (Lipinski definition) is 0. The van der Waals surface area contributed by atoms with Gasteiger partial charge in [0.1, 0.15) is 0 Å². The summed E-state index contributed by atoms with van der Waals surface area (Å²) in [4.78, 5) is 10.7. The first-order chi connectivity index (χ1) is 4.66. The average Bonchev–Trinajstić information content (AvgIpc) is 1.85. The van der Waals surface area contributed by atoms with E-state index in [1.165, 1.54) is 10.8 Å². The highest BCUT2D eigenvalue weighted by atomic mass is 33.1. The molecule has 0 aliphatic heterocycles. The summed E-state index contributed by atoms with van der Waals surface area (Å²) in [7, 11) is 2.69. The summed E-state index contributed by atoms with van der Waals surface area (Å²) in [5.74, 6) is 0. The predicted octanol–water partition coefficient (Wildman–Crippen LogP) is 2.93. The minimum absolute atomic E-state index is 0.193. The zero-order chi connectivity index (χ0) is 7.98. The van der Waals surface area contributed by atoms with Gasteiger partial charge in [-0.2, -0.15) is 0 Å². The summed E-state index contributed by atoms with van der Waals surface area (Å²) < 4.78 is 4.70. The van der Waals surface area contributed by atoms with Gasteiger partial charge in [0, 0.05) is 16.0 Å². The van der Waals surface area contributed by atoms with E-state index in [0.717, 1.165) is 10.8 Å². The first-order valence-corrected chi connectivity index (χ1v) is 5.38. The number of ether oxygens (including phenoxy) is 1. The second-order valence-corrected chi connectivity index (χ2v) is 4.62. The van der Waals surface area contributed by atoms with Crippen LogP contribution in [0.4, 0.5) is 4.79 Å². The quantitative estimate of drug-likeness (QED) is 0.493. The highest BCUT2D eigenvalue weighted by molar-refractivity contribution is 8.82. The van der Waals surface area contributed by atoms with E-state index in [-0.39, 0.29) is 5.30 Å². The Balaban J connectivity index is 3.22. The molecular weight excluding hydrogens is 168 g/mol. The van der Waals surface area contributed by atoms with E-state index in [2.05, 4.69) is 0 Å². The Morgan fingerprint density at radius 3 is 2.60 bits per heavy atom. The molecular formula is C6H12O2S2. The van der Waals surface area contributed by atoms with E-state index in [9.17, 15) is 4.79 Å². The Kier molecular flexibility index (Phi) is 6.02. The first kappa shape index (κ1) is 10.2. The first-order valence-electron chi connectivity index (χ1n) is 3.17. The van der Waals surface area contributed by atoms with Crippen molar-refractivity contribution in [1.29, 1.82) is 0 Å². The molecule has 60 valence electrons. The van der Waals surface area contributed by atoms with Crippen molar-refractivity contribution in [3.05, 3.63) is 0 Å². The minimum Gasteiger partial charge on any atom is -0.457 e. The van der Waals surface area contributed by atoms with Crippen LogP contribution in [0.15, 0.2) is 0 Å². The van der Waals surface area contributed by atoms with Crippen LogP contribution in [0.2, 0.25) is 0 Å². The molecule has 0 heterocycles. The molecule has 0 bridgehead atoms. The lowest BCUT2D eigenvalue weighted by Crippen LogP contribution is -1.95. The highest BCUT2D eigenvalue weighted by Gasteiger charge is 2.03. The number of carbonyl (C=O) groups excluding carboxylic acids is 1. The van der Waals surface area contributed by atoms with Crippen LogP contribution in [-0.4, -0.2) is 17.2 Å². The molecule has 0 saturated carbocycles. The maximum atomic E-state index is 10.7. The predicted molar refractivity (Wildman–Crippen MR) is 47.3 cm³/mol. The van der Waals surface area contributed by atoms with Crippen LogP contribution >= 0.6 is 21.6 Å². The zero-order valence-corrected chi connectivity index (χ0v) is 8.05. The summed E-state index contributed by atoms with van der Waals surface area (Å²) in [6.07, 6.45) is 0. The topological polar surface area (TPSA) is 26.3 Å². The third-order valence-corrected chi connectivity index (χ3v) is 3.16. The van der Waals surface area contributed by atoms with Crippen LogP contribution in [-0.2, 0) is 4.74 Å². The lowest BCUT2D eigenvalue weighted by Gasteiger charge is -2.01. The molecule has 0 saturated heterocycles. The van der Waals surface area contributed by atoms with Crippen molar-refractivity contribution >= 4 is 26.9 Å². The molecule has 0 rings (SSSR count). The van der Waals surface area contributed by atoms with Gasteiger partial charge in [-0.25, -0.2) is 4.79 Å². The number of carbonyl (C=O) groups is 1. The molecule has 4 heteroatoms. The summed E-state index contributed by atoms with van der Waals surface area (Å²) in [5.41, 5.74) is 0. The van der Waals surface area contributed by atoms with Gasteiger partial charge in [-0.3, -0.25) is 0 Å². The number of rotatable bonds is 3. The minimum atomic E-state index is -0.193. The summed E-state index contributed by atoms with van der Waals surface area (Å²) in [5, 5.41) is 0.274.